The molecule has 0 aromatic rings. The number of hydrogen-bond acceptors (Lipinski definition) is 5. The maximum Gasteiger partial charge on any atom is 0.232 e. The van der Waals surface area contributed by atoms with Gasteiger partial charge in [0.2, 0.25) is 5.85 Å². The second-order valence-corrected chi connectivity index (χ2v) is 1.93. The van der Waals surface area contributed by atoms with Gasteiger partial charge in [0, 0.05) is 6.54 Å². The van der Waals surface area contributed by atoms with Crippen LogP contribution < -0.4 is 10.6 Å². The van der Waals surface area contributed by atoms with Crippen LogP contribution in [0.25, 0.3) is 0 Å². The summed E-state index contributed by atoms with van der Waals surface area (Å²) in [6, 6.07) is 0. The van der Waals surface area contributed by atoms with Crippen molar-refractivity contribution in [2.75, 3.05) is 6.54 Å². The van der Waals surface area contributed by atoms with Crippen molar-refractivity contribution in [2.45, 2.75) is 12.1 Å². The van der Waals surface area contributed by atoms with Crippen LogP contribution in [0.4, 0.5) is 0 Å². The average molecular weight is 132 g/mol. The summed E-state index contributed by atoms with van der Waals surface area (Å²) in [6.07, 6.45) is -0.552. The van der Waals surface area contributed by atoms with E-state index in [0.29, 0.717) is 6.29 Å². The molecule has 0 aromatic carbocycles. The lowest BCUT2D eigenvalue weighted by Crippen LogP contribution is -2.51. The molecule has 1 fully saturated rings. The normalized spacial score (nSPS) is 43.1. The van der Waals surface area contributed by atoms with Gasteiger partial charge < -0.3 is 10.2 Å². The lowest BCUT2D eigenvalue weighted by Gasteiger charge is -2.13. The SMILES string of the molecule is O=CC1(O)NCC(O)N1. The van der Waals surface area contributed by atoms with E-state index in [1.54, 1.807) is 0 Å². The van der Waals surface area contributed by atoms with E-state index >= 15 is 0 Å². The Morgan fingerprint density at radius 1 is 1.78 bits per heavy atom. The molecule has 1 aliphatic rings. The first-order valence-corrected chi connectivity index (χ1v) is 2.56. The van der Waals surface area contributed by atoms with Gasteiger partial charge in [0.05, 0.1) is 0 Å². The van der Waals surface area contributed by atoms with Gasteiger partial charge in [0.1, 0.15) is 6.23 Å². The molecular weight excluding hydrogens is 124 g/mol. The predicted octanol–water partition coefficient (Wildman–Crippen LogP) is -2.66. The van der Waals surface area contributed by atoms with Crippen molar-refractivity contribution in [3.05, 3.63) is 0 Å². The second-order valence-electron chi connectivity index (χ2n) is 1.93. The fraction of sp³-hybridized carbons (Fsp3) is 0.750. The summed E-state index contributed by atoms with van der Waals surface area (Å²) < 4.78 is 0. The van der Waals surface area contributed by atoms with E-state index in [2.05, 4.69) is 10.6 Å². The van der Waals surface area contributed by atoms with Crippen molar-refractivity contribution in [3.8, 4) is 0 Å². The van der Waals surface area contributed by atoms with Crippen molar-refractivity contribution in [2.24, 2.45) is 0 Å². The number of β-amino-alcohol motifs (C(OH)–C–C–N with tert-alkyl or cyclic N) is 1. The van der Waals surface area contributed by atoms with E-state index in [1.165, 1.54) is 0 Å². The number of nitrogens with one attached hydrogen (secondary N) is 2. The Kier molecular flexibility index (Phi) is 1.50. The topological polar surface area (TPSA) is 81.6 Å². The lowest BCUT2D eigenvalue weighted by molar-refractivity contribution is -0.129. The number of hydrogen-bond donors (Lipinski definition) is 4. The van der Waals surface area contributed by atoms with E-state index in [4.69, 9.17) is 10.2 Å². The second kappa shape index (κ2) is 2.03. The van der Waals surface area contributed by atoms with Crippen LogP contribution in [-0.2, 0) is 4.79 Å². The third-order valence-electron chi connectivity index (χ3n) is 1.12. The Hall–Kier alpha value is -0.490. The standard InChI is InChI=1S/C4H8N2O3/c7-2-4(9)5-1-3(8)6-4/h2-3,5-6,8-9H,1H2. The molecule has 1 heterocycles. The average Bonchev–Trinajstić information content (AvgIpc) is 2.13. The van der Waals surface area contributed by atoms with Crippen molar-refractivity contribution < 1.29 is 15.0 Å². The third-order valence-corrected chi connectivity index (χ3v) is 1.12. The predicted molar refractivity (Wildman–Crippen MR) is 28.2 cm³/mol. The van der Waals surface area contributed by atoms with Gasteiger partial charge in [-0.2, -0.15) is 0 Å². The molecule has 0 amide bonds. The Bertz CT molecular complexity index is 129. The van der Waals surface area contributed by atoms with Crippen LogP contribution in [0.2, 0.25) is 0 Å². The highest BCUT2D eigenvalue weighted by molar-refractivity contribution is 5.61. The van der Waals surface area contributed by atoms with Gasteiger partial charge in [-0.15, -0.1) is 0 Å². The van der Waals surface area contributed by atoms with Crippen molar-refractivity contribution in [1.29, 1.82) is 0 Å². The molecule has 5 heteroatoms. The molecule has 1 saturated heterocycles. The Labute approximate surface area is 51.7 Å². The molecule has 4 N–H and O–H groups in total. The monoisotopic (exact) mass is 132 g/mol. The van der Waals surface area contributed by atoms with Crippen LogP contribution >= 0.6 is 0 Å². The molecule has 0 spiro atoms. The Morgan fingerprint density at radius 2 is 2.44 bits per heavy atom. The minimum absolute atomic E-state index is 0.176. The van der Waals surface area contributed by atoms with Crippen molar-refractivity contribution in [3.63, 3.8) is 0 Å². The van der Waals surface area contributed by atoms with E-state index in [0.717, 1.165) is 0 Å². The molecule has 2 atom stereocenters. The zero-order chi connectivity index (χ0) is 6.91. The molecular formula is C4H8N2O3. The maximum absolute atomic E-state index is 9.99. The van der Waals surface area contributed by atoms with E-state index in [9.17, 15) is 4.79 Å². The molecule has 0 aliphatic carbocycles. The fourth-order valence-electron chi connectivity index (χ4n) is 0.684. The van der Waals surface area contributed by atoms with Gasteiger partial charge >= 0.3 is 0 Å². The quantitative estimate of drug-likeness (QED) is 0.293. The minimum atomic E-state index is -1.72. The largest absolute Gasteiger partial charge is 0.377 e. The van der Waals surface area contributed by atoms with Gasteiger partial charge in [-0.05, 0) is 0 Å². The van der Waals surface area contributed by atoms with E-state index in [1.807, 2.05) is 0 Å². The van der Waals surface area contributed by atoms with Crippen molar-refractivity contribution >= 4 is 6.29 Å². The molecule has 1 rings (SSSR count). The van der Waals surface area contributed by atoms with Gasteiger partial charge in [-0.25, -0.2) is 5.32 Å². The number of rotatable bonds is 1. The highest BCUT2D eigenvalue weighted by Gasteiger charge is 2.34. The molecule has 9 heavy (non-hydrogen) atoms. The molecule has 2 unspecified atom stereocenters. The van der Waals surface area contributed by atoms with Crippen LogP contribution in [0.5, 0.6) is 0 Å². The Morgan fingerprint density at radius 3 is 2.67 bits per heavy atom. The third kappa shape index (κ3) is 1.25. The van der Waals surface area contributed by atoms with Crippen molar-refractivity contribution in [1.82, 2.24) is 10.6 Å². The summed E-state index contributed by atoms with van der Waals surface area (Å²) >= 11 is 0. The van der Waals surface area contributed by atoms with Gasteiger partial charge in [-0.1, -0.05) is 0 Å². The van der Waals surface area contributed by atoms with Crippen LogP contribution in [0, 0.1) is 0 Å². The summed E-state index contributed by atoms with van der Waals surface area (Å²) in [7, 11) is 0. The first-order chi connectivity index (χ1) is 4.16. The number of aldehydes is 1. The lowest BCUT2D eigenvalue weighted by atomic mass is 10.5. The molecule has 5 nitrogen and oxygen atoms in total. The first-order valence-electron chi connectivity index (χ1n) is 2.56. The van der Waals surface area contributed by atoms with E-state index in [-0.39, 0.29) is 6.54 Å². The van der Waals surface area contributed by atoms with Gasteiger partial charge in [-0.3, -0.25) is 10.1 Å². The first kappa shape index (κ1) is 6.63. The number of aliphatic hydroxyl groups excluding tert-OH is 1. The number of aliphatic hydroxyl groups is 2. The summed E-state index contributed by atoms with van der Waals surface area (Å²) in [4.78, 5) is 9.99. The molecule has 0 aromatic heterocycles. The van der Waals surface area contributed by atoms with Crippen LogP contribution in [0.1, 0.15) is 0 Å². The zero-order valence-electron chi connectivity index (χ0n) is 4.66. The zero-order valence-corrected chi connectivity index (χ0v) is 4.66. The molecule has 52 valence electrons. The molecule has 0 bridgehead atoms. The van der Waals surface area contributed by atoms with Crippen LogP contribution in [0.15, 0.2) is 0 Å². The highest BCUT2D eigenvalue weighted by Crippen LogP contribution is 1.98. The minimum Gasteiger partial charge on any atom is -0.377 e. The molecule has 1 aliphatic heterocycles. The highest BCUT2D eigenvalue weighted by atomic mass is 16.4. The smallest absolute Gasteiger partial charge is 0.232 e. The van der Waals surface area contributed by atoms with Gasteiger partial charge in [0.25, 0.3) is 0 Å². The molecule has 0 saturated carbocycles. The van der Waals surface area contributed by atoms with E-state index < -0.39 is 12.1 Å². The maximum atomic E-state index is 9.99. The summed E-state index contributed by atoms with van der Waals surface area (Å²) in [5, 5.41) is 22.2. The van der Waals surface area contributed by atoms with Crippen LogP contribution in [-0.4, -0.2) is 35.1 Å². The van der Waals surface area contributed by atoms with Gasteiger partial charge in [0.15, 0.2) is 6.29 Å². The fourth-order valence-corrected chi connectivity index (χ4v) is 0.684. The summed E-state index contributed by atoms with van der Waals surface area (Å²) in [6.45, 7) is 0.176. The molecule has 0 radical (unpaired) electrons. The van der Waals surface area contributed by atoms with Crippen LogP contribution in [0.3, 0.4) is 0 Å². The number of carbonyl (C=O) groups is 1. The Balaban J connectivity index is 2.54. The summed E-state index contributed by atoms with van der Waals surface area (Å²) in [5.74, 6) is -1.72. The summed E-state index contributed by atoms with van der Waals surface area (Å²) in [5.41, 5.74) is 0. The number of carbonyl (C=O) groups excluding carboxylic acids is 1.